The molecule has 0 bridgehead atoms. The van der Waals surface area contributed by atoms with E-state index in [4.69, 9.17) is 5.73 Å². The fourth-order valence-electron chi connectivity index (χ4n) is 2.50. The second-order valence-electron chi connectivity index (χ2n) is 5.46. The van der Waals surface area contributed by atoms with Gasteiger partial charge < -0.3 is 11.1 Å². The van der Waals surface area contributed by atoms with Crippen molar-refractivity contribution in [1.29, 1.82) is 0 Å². The van der Waals surface area contributed by atoms with Crippen LogP contribution in [0.3, 0.4) is 0 Å². The highest BCUT2D eigenvalue weighted by molar-refractivity contribution is 5.94. The summed E-state index contributed by atoms with van der Waals surface area (Å²) in [4.78, 5) is 21.7. The summed E-state index contributed by atoms with van der Waals surface area (Å²) in [6, 6.07) is 4.16. The van der Waals surface area contributed by atoms with Crippen molar-refractivity contribution in [3.8, 4) is 0 Å². The number of nitro benzene ring substituents is 1. The third kappa shape index (κ3) is 3.07. The molecule has 1 aliphatic rings. The summed E-state index contributed by atoms with van der Waals surface area (Å²) in [7, 11) is 0. The molecule has 1 aromatic carbocycles. The van der Waals surface area contributed by atoms with Gasteiger partial charge in [0.15, 0.2) is 0 Å². The Morgan fingerprint density at radius 3 is 2.70 bits per heavy atom. The van der Waals surface area contributed by atoms with Crippen LogP contribution in [0.4, 0.5) is 11.4 Å². The van der Waals surface area contributed by atoms with Gasteiger partial charge in [-0.05, 0) is 36.8 Å². The maximum atomic E-state index is 11.2. The van der Waals surface area contributed by atoms with E-state index in [0.29, 0.717) is 12.2 Å². The van der Waals surface area contributed by atoms with E-state index in [2.05, 4.69) is 12.2 Å². The number of nitrogens with zero attached hydrogens (tertiary/aromatic N) is 1. The first kappa shape index (κ1) is 14.3. The number of carbonyl (C=O) groups is 1. The number of nitro groups is 1. The molecular formula is C14H19N3O3. The normalized spacial score (nSPS) is 15.7. The molecule has 0 spiro atoms. The van der Waals surface area contributed by atoms with Gasteiger partial charge in [-0.1, -0.05) is 13.3 Å². The predicted octanol–water partition coefficient (Wildman–Crippen LogP) is 2.69. The zero-order valence-corrected chi connectivity index (χ0v) is 11.5. The van der Waals surface area contributed by atoms with E-state index in [0.717, 1.165) is 25.7 Å². The summed E-state index contributed by atoms with van der Waals surface area (Å²) in [5.74, 6) is -0.586. The van der Waals surface area contributed by atoms with Crippen molar-refractivity contribution in [3.63, 3.8) is 0 Å². The summed E-state index contributed by atoms with van der Waals surface area (Å²) in [5, 5.41) is 14.1. The van der Waals surface area contributed by atoms with Gasteiger partial charge in [0.05, 0.1) is 4.92 Å². The van der Waals surface area contributed by atoms with E-state index < -0.39 is 10.8 Å². The fraction of sp³-hybridized carbons (Fsp3) is 0.500. The Morgan fingerprint density at radius 1 is 1.50 bits per heavy atom. The van der Waals surface area contributed by atoms with Crippen LogP contribution >= 0.6 is 0 Å². The highest BCUT2D eigenvalue weighted by Crippen LogP contribution is 2.49. The second kappa shape index (κ2) is 5.48. The molecule has 0 radical (unpaired) electrons. The van der Waals surface area contributed by atoms with Crippen molar-refractivity contribution in [2.24, 2.45) is 11.1 Å². The molecule has 1 aliphatic carbocycles. The van der Waals surface area contributed by atoms with Crippen LogP contribution in [0.15, 0.2) is 18.2 Å². The van der Waals surface area contributed by atoms with Crippen molar-refractivity contribution < 1.29 is 9.72 Å². The molecule has 0 atom stereocenters. The van der Waals surface area contributed by atoms with E-state index in [1.165, 1.54) is 18.2 Å². The maximum Gasteiger partial charge on any atom is 0.292 e. The van der Waals surface area contributed by atoms with Crippen LogP contribution in [-0.2, 0) is 0 Å². The van der Waals surface area contributed by atoms with Crippen molar-refractivity contribution in [3.05, 3.63) is 33.9 Å². The Kier molecular flexibility index (Phi) is 3.92. The minimum absolute atomic E-state index is 0.0256. The molecule has 20 heavy (non-hydrogen) atoms. The van der Waals surface area contributed by atoms with Crippen molar-refractivity contribution in [2.45, 2.75) is 32.6 Å². The van der Waals surface area contributed by atoms with Crippen molar-refractivity contribution >= 4 is 17.3 Å². The molecule has 1 aromatic rings. The number of hydrogen-bond donors (Lipinski definition) is 2. The Bertz CT molecular complexity index is 538. The lowest BCUT2D eigenvalue weighted by atomic mass is 10.0. The fourth-order valence-corrected chi connectivity index (χ4v) is 2.50. The molecule has 0 saturated heterocycles. The second-order valence-corrected chi connectivity index (χ2v) is 5.46. The third-order valence-corrected chi connectivity index (χ3v) is 3.87. The Hall–Kier alpha value is -2.11. The number of carbonyl (C=O) groups excluding carboxylic acids is 1. The van der Waals surface area contributed by atoms with Crippen LogP contribution in [0.5, 0.6) is 0 Å². The van der Waals surface area contributed by atoms with Gasteiger partial charge in [-0.3, -0.25) is 14.9 Å². The summed E-state index contributed by atoms with van der Waals surface area (Å²) in [6.07, 6.45) is 4.52. The van der Waals surface area contributed by atoms with Gasteiger partial charge in [-0.2, -0.15) is 0 Å². The van der Waals surface area contributed by atoms with E-state index >= 15 is 0 Å². The molecule has 2 rings (SSSR count). The molecular weight excluding hydrogens is 258 g/mol. The smallest absolute Gasteiger partial charge is 0.292 e. The molecule has 3 N–H and O–H groups in total. The van der Waals surface area contributed by atoms with Crippen LogP contribution in [0.25, 0.3) is 0 Å². The molecule has 6 nitrogen and oxygen atoms in total. The first-order chi connectivity index (χ1) is 9.47. The summed E-state index contributed by atoms with van der Waals surface area (Å²) in [5.41, 5.74) is 6.10. The topological polar surface area (TPSA) is 98.3 Å². The average Bonchev–Trinajstić information content (AvgIpc) is 3.16. The number of rotatable bonds is 7. The maximum absolute atomic E-state index is 11.2. The Labute approximate surface area is 117 Å². The van der Waals surface area contributed by atoms with Gasteiger partial charge in [-0.25, -0.2) is 0 Å². The highest BCUT2D eigenvalue weighted by Gasteiger charge is 2.41. The third-order valence-electron chi connectivity index (χ3n) is 3.87. The summed E-state index contributed by atoms with van der Waals surface area (Å²) < 4.78 is 0. The number of benzene rings is 1. The van der Waals surface area contributed by atoms with E-state index in [1.807, 2.05) is 0 Å². The van der Waals surface area contributed by atoms with Crippen molar-refractivity contribution in [1.82, 2.24) is 0 Å². The lowest BCUT2D eigenvalue weighted by Gasteiger charge is -2.16. The van der Waals surface area contributed by atoms with E-state index in [9.17, 15) is 14.9 Å². The molecule has 108 valence electrons. The molecule has 1 fully saturated rings. The predicted molar refractivity (Wildman–Crippen MR) is 76.7 cm³/mol. The van der Waals surface area contributed by atoms with Gasteiger partial charge >= 0.3 is 0 Å². The average molecular weight is 277 g/mol. The van der Waals surface area contributed by atoms with E-state index in [-0.39, 0.29) is 16.7 Å². The van der Waals surface area contributed by atoms with Gasteiger partial charge in [0, 0.05) is 18.2 Å². The van der Waals surface area contributed by atoms with Crippen LogP contribution in [0.2, 0.25) is 0 Å². The number of nitrogens with one attached hydrogen (secondary N) is 1. The molecule has 0 heterocycles. The number of hydrogen-bond acceptors (Lipinski definition) is 4. The summed E-state index contributed by atoms with van der Waals surface area (Å²) in [6.45, 7) is 2.83. The Balaban J connectivity index is 2.17. The van der Waals surface area contributed by atoms with Gasteiger partial charge in [0.1, 0.15) is 5.69 Å². The molecule has 1 amide bonds. The van der Waals surface area contributed by atoms with Crippen LogP contribution in [-0.4, -0.2) is 17.4 Å². The lowest BCUT2D eigenvalue weighted by molar-refractivity contribution is -0.384. The molecule has 1 saturated carbocycles. The lowest BCUT2D eigenvalue weighted by Crippen LogP contribution is -2.17. The number of primary amides is 1. The quantitative estimate of drug-likeness (QED) is 0.591. The van der Waals surface area contributed by atoms with Crippen LogP contribution in [0.1, 0.15) is 43.0 Å². The molecule has 0 unspecified atom stereocenters. The number of amides is 1. The molecule has 0 aliphatic heterocycles. The van der Waals surface area contributed by atoms with E-state index in [1.54, 1.807) is 0 Å². The monoisotopic (exact) mass is 277 g/mol. The Morgan fingerprint density at radius 2 is 2.20 bits per heavy atom. The zero-order valence-electron chi connectivity index (χ0n) is 11.5. The molecule has 6 heteroatoms. The SMILES string of the molecule is CCCC1(CNc2cc(C(N)=O)ccc2[N+](=O)[O-])CC1. The first-order valence-electron chi connectivity index (χ1n) is 6.79. The number of anilines is 1. The number of nitrogens with two attached hydrogens (primary N) is 1. The minimum atomic E-state index is -0.586. The van der Waals surface area contributed by atoms with Gasteiger partial charge in [0.25, 0.3) is 5.69 Å². The molecule has 0 aromatic heterocycles. The van der Waals surface area contributed by atoms with Crippen LogP contribution < -0.4 is 11.1 Å². The minimum Gasteiger partial charge on any atom is -0.379 e. The van der Waals surface area contributed by atoms with Gasteiger partial charge in [-0.15, -0.1) is 0 Å². The first-order valence-corrected chi connectivity index (χ1v) is 6.79. The van der Waals surface area contributed by atoms with Crippen LogP contribution in [0, 0.1) is 15.5 Å². The summed E-state index contributed by atoms with van der Waals surface area (Å²) >= 11 is 0. The van der Waals surface area contributed by atoms with Gasteiger partial charge in [0.2, 0.25) is 5.91 Å². The highest BCUT2D eigenvalue weighted by atomic mass is 16.6. The largest absolute Gasteiger partial charge is 0.379 e. The zero-order chi connectivity index (χ0) is 14.8. The van der Waals surface area contributed by atoms with Crippen molar-refractivity contribution in [2.75, 3.05) is 11.9 Å². The standard InChI is InChI=1S/C14H19N3O3/c1-2-5-14(6-7-14)9-16-11-8-10(13(15)18)3-4-12(11)17(19)20/h3-4,8,16H,2,5-7,9H2,1H3,(H2,15,18).